The van der Waals surface area contributed by atoms with Gasteiger partial charge in [0.2, 0.25) is 11.8 Å². The van der Waals surface area contributed by atoms with E-state index in [9.17, 15) is 9.59 Å². The summed E-state index contributed by atoms with van der Waals surface area (Å²) in [7, 11) is 0. The normalized spacial score (nSPS) is 20.0. The number of likely N-dealkylation sites (tertiary alicyclic amines) is 1. The lowest BCUT2D eigenvalue weighted by molar-refractivity contribution is -0.135. The van der Waals surface area contributed by atoms with Gasteiger partial charge in [-0.05, 0) is 32.6 Å². The van der Waals surface area contributed by atoms with Gasteiger partial charge in [0.05, 0.1) is 12.6 Å². The summed E-state index contributed by atoms with van der Waals surface area (Å²) in [6.45, 7) is 3.68. The summed E-state index contributed by atoms with van der Waals surface area (Å²) < 4.78 is 2.15. The van der Waals surface area contributed by atoms with E-state index >= 15 is 0 Å². The number of aryl methyl sites for hydroxylation is 1. The number of hydrogen-bond acceptors (Lipinski definition) is 4. The quantitative estimate of drug-likeness (QED) is 0.907. The summed E-state index contributed by atoms with van der Waals surface area (Å²) in [6.07, 6.45) is 7.96. The van der Waals surface area contributed by atoms with E-state index in [1.54, 1.807) is 4.90 Å². The monoisotopic (exact) mass is 333 g/mol. The van der Waals surface area contributed by atoms with Gasteiger partial charge in [-0.3, -0.25) is 9.59 Å². The van der Waals surface area contributed by atoms with Crippen LogP contribution in [0.4, 0.5) is 0 Å². The molecule has 1 N–H and O–H groups in total. The van der Waals surface area contributed by atoms with Crippen LogP contribution in [0, 0.1) is 0 Å². The van der Waals surface area contributed by atoms with Gasteiger partial charge in [-0.15, -0.1) is 10.2 Å². The van der Waals surface area contributed by atoms with E-state index < -0.39 is 0 Å². The number of hydrogen-bond donors (Lipinski definition) is 1. The van der Waals surface area contributed by atoms with Crippen molar-refractivity contribution in [1.29, 1.82) is 0 Å². The molecule has 1 aromatic heterocycles. The maximum absolute atomic E-state index is 12.3. The average molecular weight is 333 g/mol. The third kappa shape index (κ3) is 3.94. The fourth-order valence-electron chi connectivity index (χ4n) is 3.56. The summed E-state index contributed by atoms with van der Waals surface area (Å²) in [5, 5.41) is 11.6. The zero-order chi connectivity index (χ0) is 16.9. The number of nitrogens with one attached hydrogen (secondary N) is 1. The van der Waals surface area contributed by atoms with Gasteiger partial charge < -0.3 is 14.8 Å². The minimum Gasteiger partial charge on any atom is -0.345 e. The molecule has 1 atom stereocenters. The lowest BCUT2D eigenvalue weighted by Gasteiger charge is -2.21. The van der Waals surface area contributed by atoms with Crippen LogP contribution < -0.4 is 5.32 Å². The second-order valence-corrected chi connectivity index (χ2v) is 6.85. The van der Waals surface area contributed by atoms with Gasteiger partial charge in [0.1, 0.15) is 5.82 Å². The standard InChI is InChI=1S/C17H27N5O2/c1-13(17-20-19-14-8-4-2-7-11-22(14)17)18-15(23)12-21-10-6-3-5-9-16(21)24/h13H,2-12H2,1H3,(H,18,23). The van der Waals surface area contributed by atoms with E-state index in [1.165, 1.54) is 6.42 Å². The molecule has 132 valence electrons. The first-order chi connectivity index (χ1) is 11.6. The summed E-state index contributed by atoms with van der Waals surface area (Å²) in [6, 6.07) is -0.195. The van der Waals surface area contributed by atoms with Crippen molar-refractivity contribution in [3.8, 4) is 0 Å². The molecule has 0 spiro atoms. The Morgan fingerprint density at radius 3 is 2.67 bits per heavy atom. The van der Waals surface area contributed by atoms with E-state index in [1.807, 2.05) is 6.92 Å². The molecule has 1 fully saturated rings. The Kier molecular flexibility index (Phi) is 5.48. The average Bonchev–Trinajstić information content (AvgIpc) is 2.70. The molecule has 0 saturated carbocycles. The highest BCUT2D eigenvalue weighted by Gasteiger charge is 2.23. The number of carbonyl (C=O) groups excluding carboxylic acids is 2. The predicted octanol–water partition coefficient (Wildman–Crippen LogP) is 1.58. The van der Waals surface area contributed by atoms with Crippen molar-refractivity contribution in [2.45, 2.75) is 70.9 Å². The first-order valence-electron chi connectivity index (χ1n) is 9.14. The minimum absolute atomic E-state index is 0.0895. The summed E-state index contributed by atoms with van der Waals surface area (Å²) in [5.74, 6) is 1.81. The second-order valence-electron chi connectivity index (χ2n) is 6.85. The van der Waals surface area contributed by atoms with Crippen LogP contribution in [0.5, 0.6) is 0 Å². The van der Waals surface area contributed by atoms with Crippen molar-refractivity contribution in [1.82, 2.24) is 25.0 Å². The van der Waals surface area contributed by atoms with Crippen LogP contribution >= 0.6 is 0 Å². The van der Waals surface area contributed by atoms with E-state index in [2.05, 4.69) is 20.1 Å². The van der Waals surface area contributed by atoms with Crippen molar-refractivity contribution in [3.05, 3.63) is 11.6 Å². The molecule has 2 amide bonds. The lowest BCUT2D eigenvalue weighted by Crippen LogP contribution is -2.41. The molecule has 2 aliphatic heterocycles. The van der Waals surface area contributed by atoms with E-state index in [0.29, 0.717) is 13.0 Å². The predicted molar refractivity (Wildman–Crippen MR) is 89.2 cm³/mol. The first-order valence-corrected chi connectivity index (χ1v) is 9.14. The topological polar surface area (TPSA) is 80.1 Å². The molecule has 1 saturated heterocycles. The van der Waals surface area contributed by atoms with Crippen molar-refractivity contribution in [2.75, 3.05) is 13.1 Å². The molecule has 0 aromatic carbocycles. The highest BCUT2D eigenvalue weighted by molar-refractivity contribution is 5.85. The third-order valence-electron chi connectivity index (χ3n) is 4.91. The molecule has 3 heterocycles. The molecular formula is C17H27N5O2. The van der Waals surface area contributed by atoms with Gasteiger partial charge in [0.15, 0.2) is 5.82 Å². The van der Waals surface area contributed by atoms with Gasteiger partial charge in [-0.1, -0.05) is 12.8 Å². The van der Waals surface area contributed by atoms with Crippen LogP contribution in [0.25, 0.3) is 0 Å². The summed E-state index contributed by atoms with van der Waals surface area (Å²) in [5.41, 5.74) is 0. The fraction of sp³-hybridized carbons (Fsp3) is 0.765. The summed E-state index contributed by atoms with van der Waals surface area (Å²) in [4.78, 5) is 26.0. The number of nitrogens with zero attached hydrogens (tertiary/aromatic N) is 4. The molecule has 0 radical (unpaired) electrons. The van der Waals surface area contributed by atoms with E-state index in [-0.39, 0.29) is 24.4 Å². The van der Waals surface area contributed by atoms with Crippen LogP contribution in [0.3, 0.4) is 0 Å². The van der Waals surface area contributed by atoms with Gasteiger partial charge >= 0.3 is 0 Å². The Morgan fingerprint density at radius 1 is 1.08 bits per heavy atom. The van der Waals surface area contributed by atoms with Gasteiger partial charge in [0, 0.05) is 25.9 Å². The van der Waals surface area contributed by atoms with Crippen molar-refractivity contribution in [2.24, 2.45) is 0 Å². The Balaban J connectivity index is 1.60. The van der Waals surface area contributed by atoms with Gasteiger partial charge in [0.25, 0.3) is 0 Å². The molecule has 0 bridgehead atoms. The molecule has 24 heavy (non-hydrogen) atoms. The number of rotatable bonds is 4. The Morgan fingerprint density at radius 2 is 1.83 bits per heavy atom. The maximum Gasteiger partial charge on any atom is 0.240 e. The van der Waals surface area contributed by atoms with Crippen LogP contribution in [0.15, 0.2) is 0 Å². The molecular weight excluding hydrogens is 306 g/mol. The number of fused-ring (bicyclic) bond motifs is 1. The van der Waals surface area contributed by atoms with Gasteiger partial charge in [-0.2, -0.15) is 0 Å². The number of aromatic nitrogens is 3. The van der Waals surface area contributed by atoms with Crippen LogP contribution in [0.1, 0.15) is 69.6 Å². The molecule has 3 rings (SSSR count). The molecule has 1 unspecified atom stereocenters. The molecule has 2 aliphatic rings. The van der Waals surface area contributed by atoms with Crippen LogP contribution in [-0.2, 0) is 22.6 Å². The first kappa shape index (κ1) is 16.9. The number of amides is 2. The second kappa shape index (κ2) is 7.77. The maximum atomic E-state index is 12.3. The van der Waals surface area contributed by atoms with Crippen molar-refractivity contribution < 1.29 is 9.59 Å². The summed E-state index contributed by atoms with van der Waals surface area (Å²) >= 11 is 0. The van der Waals surface area contributed by atoms with Crippen LogP contribution in [0.2, 0.25) is 0 Å². The molecule has 7 nitrogen and oxygen atoms in total. The largest absolute Gasteiger partial charge is 0.345 e. The fourth-order valence-corrected chi connectivity index (χ4v) is 3.56. The lowest BCUT2D eigenvalue weighted by atomic mass is 10.2. The van der Waals surface area contributed by atoms with Gasteiger partial charge in [-0.25, -0.2) is 0 Å². The molecule has 7 heteroatoms. The van der Waals surface area contributed by atoms with E-state index in [4.69, 9.17) is 0 Å². The Labute approximate surface area is 142 Å². The van der Waals surface area contributed by atoms with Crippen molar-refractivity contribution in [3.63, 3.8) is 0 Å². The Hall–Kier alpha value is -1.92. The zero-order valence-corrected chi connectivity index (χ0v) is 14.5. The van der Waals surface area contributed by atoms with E-state index in [0.717, 1.165) is 56.7 Å². The number of carbonyl (C=O) groups is 2. The highest BCUT2D eigenvalue weighted by atomic mass is 16.2. The Bertz CT molecular complexity index is 598. The minimum atomic E-state index is -0.195. The van der Waals surface area contributed by atoms with Crippen LogP contribution in [-0.4, -0.2) is 44.6 Å². The molecule has 1 aromatic rings. The molecule has 0 aliphatic carbocycles. The zero-order valence-electron chi connectivity index (χ0n) is 14.5. The van der Waals surface area contributed by atoms with Crippen molar-refractivity contribution >= 4 is 11.8 Å². The highest BCUT2D eigenvalue weighted by Crippen LogP contribution is 2.18. The smallest absolute Gasteiger partial charge is 0.240 e. The SMILES string of the molecule is CC(NC(=O)CN1CCCCCC1=O)c1nnc2n1CCCCC2. The third-order valence-corrected chi connectivity index (χ3v) is 4.91.